The van der Waals surface area contributed by atoms with E-state index in [1.807, 2.05) is 0 Å². The van der Waals surface area contributed by atoms with E-state index in [4.69, 9.17) is 0 Å². The Hall–Kier alpha value is -0.710. The van der Waals surface area contributed by atoms with Crippen LogP contribution in [0.1, 0.15) is 19.8 Å². The lowest BCUT2D eigenvalue weighted by molar-refractivity contribution is -0.127. The van der Waals surface area contributed by atoms with Crippen molar-refractivity contribution >= 4 is 5.91 Å². The summed E-state index contributed by atoms with van der Waals surface area (Å²) in [5.74, 6) is -0.328. The lowest BCUT2D eigenvalue weighted by Crippen LogP contribution is -2.51. The normalized spacial score (nSPS) is 28.0. The molecular weight excluding hydrogens is 178 g/mol. The SMILES string of the molecule is CC1(C(=O)NCC(F)F)CCCN1. The maximum Gasteiger partial charge on any atom is 0.255 e. The summed E-state index contributed by atoms with van der Waals surface area (Å²) >= 11 is 0. The van der Waals surface area contributed by atoms with Gasteiger partial charge in [-0.25, -0.2) is 8.78 Å². The molecule has 1 unspecified atom stereocenters. The number of halogens is 2. The first-order valence-electron chi connectivity index (χ1n) is 4.36. The van der Waals surface area contributed by atoms with Gasteiger partial charge in [0.05, 0.1) is 12.1 Å². The van der Waals surface area contributed by atoms with E-state index in [9.17, 15) is 13.6 Å². The number of carbonyl (C=O) groups excluding carboxylic acids is 1. The molecule has 1 heterocycles. The summed E-state index contributed by atoms with van der Waals surface area (Å²) in [5.41, 5.74) is -0.644. The van der Waals surface area contributed by atoms with E-state index in [0.29, 0.717) is 6.42 Å². The van der Waals surface area contributed by atoms with Crippen molar-refractivity contribution in [2.24, 2.45) is 0 Å². The zero-order chi connectivity index (χ0) is 9.90. The second kappa shape index (κ2) is 4.00. The fraction of sp³-hybridized carbons (Fsp3) is 0.875. The highest BCUT2D eigenvalue weighted by Gasteiger charge is 2.35. The van der Waals surface area contributed by atoms with Gasteiger partial charge in [-0.15, -0.1) is 0 Å². The van der Waals surface area contributed by atoms with Crippen molar-refractivity contribution in [3.63, 3.8) is 0 Å². The van der Waals surface area contributed by atoms with Gasteiger partial charge in [0.25, 0.3) is 6.43 Å². The van der Waals surface area contributed by atoms with Crippen molar-refractivity contribution in [2.45, 2.75) is 31.7 Å². The van der Waals surface area contributed by atoms with E-state index in [2.05, 4.69) is 10.6 Å². The molecule has 1 rings (SSSR count). The fourth-order valence-corrected chi connectivity index (χ4v) is 1.45. The maximum absolute atomic E-state index is 11.8. The molecule has 0 saturated carbocycles. The summed E-state index contributed by atoms with van der Waals surface area (Å²) in [6, 6.07) is 0. The maximum atomic E-state index is 11.8. The molecule has 0 aliphatic carbocycles. The Morgan fingerprint density at radius 3 is 2.85 bits per heavy atom. The highest BCUT2D eigenvalue weighted by molar-refractivity contribution is 5.86. The summed E-state index contributed by atoms with van der Waals surface area (Å²) < 4.78 is 23.5. The molecule has 0 aromatic rings. The van der Waals surface area contributed by atoms with Crippen molar-refractivity contribution in [1.29, 1.82) is 0 Å². The van der Waals surface area contributed by atoms with Crippen LogP contribution in [-0.2, 0) is 4.79 Å². The molecule has 0 spiro atoms. The van der Waals surface area contributed by atoms with Gasteiger partial charge in [0, 0.05) is 0 Å². The van der Waals surface area contributed by atoms with E-state index in [-0.39, 0.29) is 5.91 Å². The number of amides is 1. The smallest absolute Gasteiger partial charge is 0.255 e. The Bertz CT molecular complexity index is 191. The monoisotopic (exact) mass is 192 g/mol. The Labute approximate surface area is 75.9 Å². The van der Waals surface area contributed by atoms with Crippen molar-refractivity contribution < 1.29 is 13.6 Å². The molecule has 5 heteroatoms. The lowest BCUT2D eigenvalue weighted by atomic mass is 9.99. The molecular formula is C8H14F2N2O. The minimum absolute atomic E-state index is 0.328. The molecule has 1 fully saturated rings. The number of alkyl halides is 2. The molecule has 13 heavy (non-hydrogen) atoms. The van der Waals surface area contributed by atoms with Crippen molar-refractivity contribution in [3.05, 3.63) is 0 Å². The third kappa shape index (κ3) is 2.62. The first kappa shape index (κ1) is 10.4. The predicted octanol–water partition coefficient (Wildman–Crippen LogP) is 0.510. The van der Waals surface area contributed by atoms with Crippen LogP contribution >= 0.6 is 0 Å². The van der Waals surface area contributed by atoms with Gasteiger partial charge in [0.2, 0.25) is 5.91 Å². The quantitative estimate of drug-likeness (QED) is 0.684. The molecule has 76 valence electrons. The standard InChI is InChI=1S/C8H14F2N2O/c1-8(3-2-4-12-8)7(13)11-5-6(9)10/h6,12H,2-5H2,1H3,(H,11,13). The van der Waals surface area contributed by atoms with Crippen molar-refractivity contribution in [3.8, 4) is 0 Å². The fourth-order valence-electron chi connectivity index (χ4n) is 1.45. The van der Waals surface area contributed by atoms with Crippen molar-refractivity contribution in [1.82, 2.24) is 10.6 Å². The molecule has 3 nitrogen and oxygen atoms in total. The zero-order valence-electron chi connectivity index (χ0n) is 7.57. The number of carbonyl (C=O) groups is 1. The van der Waals surface area contributed by atoms with Gasteiger partial charge in [-0.2, -0.15) is 0 Å². The van der Waals surface area contributed by atoms with E-state index in [1.165, 1.54) is 0 Å². The van der Waals surface area contributed by atoms with Crippen LogP contribution in [0.25, 0.3) is 0 Å². The molecule has 0 radical (unpaired) electrons. The second-order valence-electron chi connectivity index (χ2n) is 3.46. The highest BCUT2D eigenvalue weighted by atomic mass is 19.3. The largest absolute Gasteiger partial charge is 0.349 e. The average molecular weight is 192 g/mol. The van der Waals surface area contributed by atoms with Gasteiger partial charge in [-0.3, -0.25) is 4.79 Å². The average Bonchev–Trinajstić information content (AvgIpc) is 2.49. The Morgan fingerprint density at radius 1 is 1.69 bits per heavy atom. The molecule has 0 aromatic carbocycles. The van der Waals surface area contributed by atoms with E-state index >= 15 is 0 Å². The van der Waals surface area contributed by atoms with E-state index < -0.39 is 18.5 Å². The summed E-state index contributed by atoms with van der Waals surface area (Å²) in [6.07, 6.45) is -0.852. The molecule has 1 amide bonds. The van der Waals surface area contributed by atoms with Crippen LogP contribution in [0.5, 0.6) is 0 Å². The van der Waals surface area contributed by atoms with Gasteiger partial charge in [0.1, 0.15) is 0 Å². The number of hydrogen-bond acceptors (Lipinski definition) is 2. The van der Waals surface area contributed by atoms with Gasteiger partial charge >= 0.3 is 0 Å². The molecule has 1 aliphatic heterocycles. The van der Waals surface area contributed by atoms with Crippen LogP contribution < -0.4 is 10.6 Å². The third-order valence-electron chi connectivity index (χ3n) is 2.29. The van der Waals surface area contributed by atoms with Crippen LogP contribution in [0.2, 0.25) is 0 Å². The molecule has 1 aliphatic rings. The van der Waals surface area contributed by atoms with Crippen LogP contribution in [0.4, 0.5) is 8.78 Å². The summed E-state index contributed by atoms with van der Waals surface area (Å²) in [6.45, 7) is 1.95. The molecule has 0 bridgehead atoms. The summed E-state index contributed by atoms with van der Waals surface area (Å²) in [7, 11) is 0. The zero-order valence-corrected chi connectivity index (χ0v) is 7.57. The van der Waals surface area contributed by atoms with Gasteiger partial charge < -0.3 is 10.6 Å². The second-order valence-corrected chi connectivity index (χ2v) is 3.46. The Morgan fingerprint density at radius 2 is 2.38 bits per heavy atom. The van der Waals surface area contributed by atoms with E-state index in [0.717, 1.165) is 13.0 Å². The van der Waals surface area contributed by atoms with Crippen LogP contribution in [-0.4, -0.2) is 31.0 Å². The third-order valence-corrected chi connectivity index (χ3v) is 2.29. The summed E-state index contributed by atoms with van der Waals surface area (Å²) in [4.78, 5) is 11.4. The van der Waals surface area contributed by atoms with Crippen LogP contribution in [0.15, 0.2) is 0 Å². The number of rotatable bonds is 3. The Balaban J connectivity index is 2.38. The van der Waals surface area contributed by atoms with Crippen molar-refractivity contribution in [2.75, 3.05) is 13.1 Å². The molecule has 1 atom stereocenters. The minimum Gasteiger partial charge on any atom is -0.349 e. The number of nitrogens with one attached hydrogen (secondary N) is 2. The minimum atomic E-state index is -2.48. The molecule has 1 saturated heterocycles. The van der Waals surface area contributed by atoms with Gasteiger partial charge in [0.15, 0.2) is 0 Å². The van der Waals surface area contributed by atoms with E-state index in [1.54, 1.807) is 6.92 Å². The first-order valence-corrected chi connectivity index (χ1v) is 4.36. The predicted molar refractivity (Wildman–Crippen MR) is 44.7 cm³/mol. The Kier molecular flexibility index (Phi) is 3.19. The highest BCUT2D eigenvalue weighted by Crippen LogP contribution is 2.18. The van der Waals surface area contributed by atoms with Gasteiger partial charge in [-0.05, 0) is 26.3 Å². The molecule has 0 aromatic heterocycles. The lowest BCUT2D eigenvalue weighted by Gasteiger charge is -2.22. The topological polar surface area (TPSA) is 41.1 Å². The first-order chi connectivity index (χ1) is 6.04. The summed E-state index contributed by atoms with van der Waals surface area (Å²) in [5, 5.41) is 5.21. The van der Waals surface area contributed by atoms with Crippen LogP contribution in [0, 0.1) is 0 Å². The van der Waals surface area contributed by atoms with Gasteiger partial charge in [-0.1, -0.05) is 0 Å². The van der Waals surface area contributed by atoms with Crippen LogP contribution in [0.3, 0.4) is 0 Å². The molecule has 2 N–H and O–H groups in total. The number of hydrogen-bond donors (Lipinski definition) is 2.